The highest BCUT2D eigenvalue weighted by atomic mass is 79.9. The Morgan fingerprint density at radius 1 is 1.10 bits per heavy atom. The normalized spacial score (nSPS) is 21.2. The van der Waals surface area contributed by atoms with Crippen molar-refractivity contribution >= 4 is 31.9 Å². The zero-order valence-electron chi connectivity index (χ0n) is 10.4. The Morgan fingerprint density at radius 3 is 2.65 bits per heavy atom. The van der Waals surface area contributed by atoms with Gasteiger partial charge in [-0.2, -0.15) is 0 Å². The zero-order valence-corrected chi connectivity index (χ0v) is 13.6. The highest BCUT2D eigenvalue weighted by molar-refractivity contribution is 9.13. The number of nitrogens with two attached hydrogens (primary N) is 1. The van der Waals surface area contributed by atoms with E-state index in [1.165, 1.54) is 12.1 Å². The summed E-state index contributed by atoms with van der Waals surface area (Å²) in [5, 5.41) is 0. The van der Waals surface area contributed by atoms with Crippen LogP contribution in [0.1, 0.15) is 29.7 Å². The average molecular weight is 401 g/mol. The predicted molar refractivity (Wildman–Crippen MR) is 83.2 cm³/mol. The summed E-state index contributed by atoms with van der Waals surface area (Å²) < 4.78 is 21.2. The molecule has 2 aromatic rings. The first-order valence-corrected chi connectivity index (χ1v) is 7.80. The fraction of sp³-hybridized carbons (Fsp3) is 0.200. The number of rotatable bonds is 1. The molecule has 2 atom stereocenters. The van der Waals surface area contributed by atoms with Crippen molar-refractivity contribution in [1.29, 1.82) is 0 Å². The van der Waals surface area contributed by atoms with Gasteiger partial charge in [0.2, 0.25) is 0 Å². The Kier molecular flexibility index (Phi) is 3.84. The van der Waals surface area contributed by atoms with E-state index >= 15 is 0 Å². The van der Waals surface area contributed by atoms with Crippen LogP contribution in [0.2, 0.25) is 0 Å². The van der Waals surface area contributed by atoms with Gasteiger partial charge in [-0.1, -0.05) is 12.1 Å². The molecule has 20 heavy (non-hydrogen) atoms. The maximum absolute atomic E-state index is 13.3. The quantitative estimate of drug-likeness (QED) is 0.740. The summed E-state index contributed by atoms with van der Waals surface area (Å²) in [5.41, 5.74) is 8.05. The van der Waals surface area contributed by atoms with Gasteiger partial charge in [0.05, 0.1) is 0 Å². The minimum absolute atomic E-state index is 0.147. The van der Waals surface area contributed by atoms with Crippen molar-refractivity contribution in [2.24, 2.45) is 5.73 Å². The molecule has 0 fully saturated rings. The molecule has 0 amide bonds. The van der Waals surface area contributed by atoms with E-state index in [0.717, 1.165) is 20.1 Å². The Balaban J connectivity index is 1.96. The number of hydrogen-bond donors (Lipinski definition) is 1. The summed E-state index contributed by atoms with van der Waals surface area (Å²) in [7, 11) is 0. The van der Waals surface area contributed by atoms with E-state index in [0.29, 0.717) is 12.2 Å². The van der Waals surface area contributed by atoms with Crippen molar-refractivity contribution in [3.8, 4) is 5.75 Å². The maximum atomic E-state index is 13.3. The van der Waals surface area contributed by atoms with E-state index in [1.807, 2.05) is 18.2 Å². The third kappa shape index (κ3) is 2.62. The van der Waals surface area contributed by atoms with E-state index < -0.39 is 0 Å². The van der Waals surface area contributed by atoms with Crippen molar-refractivity contribution in [2.75, 3.05) is 0 Å². The van der Waals surface area contributed by atoms with Gasteiger partial charge in [-0.3, -0.25) is 0 Å². The van der Waals surface area contributed by atoms with Crippen LogP contribution >= 0.6 is 31.9 Å². The topological polar surface area (TPSA) is 35.2 Å². The van der Waals surface area contributed by atoms with E-state index in [9.17, 15) is 4.39 Å². The van der Waals surface area contributed by atoms with Crippen LogP contribution in [-0.2, 0) is 0 Å². The molecular weight excluding hydrogens is 389 g/mol. The number of hydrogen-bond acceptors (Lipinski definition) is 2. The highest BCUT2D eigenvalue weighted by Gasteiger charge is 2.27. The lowest BCUT2D eigenvalue weighted by Gasteiger charge is -2.30. The van der Waals surface area contributed by atoms with E-state index in [-0.39, 0.29) is 18.0 Å². The molecule has 0 bridgehead atoms. The van der Waals surface area contributed by atoms with Crippen molar-refractivity contribution in [2.45, 2.75) is 18.6 Å². The van der Waals surface area contributed by atoms with Gasteiger partial charge in [-0.05, 0) is 55.6 Å². The molecule has 0 aromatic heterocycles. The molecule has 1 unspecified atom stereocenters. The summed E-state index contributed by atoms with van der Waals surface area (Å²) in [6.45, 7) is 0. The Morgan fingerprint density at radius 2 is 1.90 bits per heavy atom. The molecule has 3 rings (SSSR count). The Bertz CT molecular complexity index is 662. The van der Waals surface area contributed by atoms with Crippen LogP contribution in [0.3, 0.4) is 0 Å². The van der Waals surface area contributed by atoms with Gasteiger partial charge in [-0.25, -0.2) is 4.39 Å². The number of halogens is 3. The standard InChI is InChI=1S/C15H12Br2FNO/c16-11-4-1-8(5-12(11)17)14-7-13(19)10-3-2-9(18)6-15(10)20-14/h1-6,13-14H,7,19H2/t13-,14?/m1/s1. The number of ether oxygens (including phenoxy) is 1. The van der Waals surface area contributed by atoms with Gasteiger partial charge in [-0.15, -0.1) is 0 Å². The van der Waals surface area contributed by atoms with Gasteiger partial charge in [0, 0.05) is 33.0 Å². The molecule has 0 radical (unpaired) electrons. The van der Waals surface area contributed by atoms with Crippen molar-refractivity contribution in [3.05, 3.63) is 62.3 Å². The SMILES string of the molecule is N[C@@H]1CC(c2ccc(Br)c(Br)c2)Oc2cc(F)ccc21. The number of benzene rings is 2. The molecule has 1 aliphatic heterocycles. The van der Waals surface area contributed by atoms with Crippen LogP contribution in [0.5, 0.6) is 5.75 Å². The summed E-state index contributed by atoms with van der Waals surface area (Å²) >= 11 is 6.92. The molecule has 2 N–H and O–H groups in total. The molecule has 1 heterocycles. The molecular formula is C15H12Br2FNO. The summed E-state index contributed by atoms with van der Waals surface area (Å²) in [6, 6.07) is 10.3. The second-order valence-corrected chi connectivity index (χ2v) is 6.51. The second kappa shape index (κ2) is 5.47. The molecule has 2 nitrogen and oxygen atoms in total. The van der Waals surface area contributed by atoms with Crippen LogP contribution in [0.25, 0.3) is 0 Å². The molecule has 0 saturated heterocycles. The van der Waals surface area contributed by atoms with Crippen molar-refractivity contribution in [3.63, 3.8) is 0 Å². The lowest BCUT2D eigenvalue weighted by atomic mass is 9.93. The van der Waals surface area contributed by atoms with Gasteiger partial charge >= 0.3 is 0 Å². The minimum atomic E-state index is -0.311. The highest BCUT2D eigenvalue weighted by Crippen LogP contribution is 2.40. The minimum Gasteiger partial charge on any atom is -0.485 e. The Hall–Kier alpha value is -0.910. The van der Waals surface area contributed by atoms with Crippen LogP contribution in [-0.4, -0.2) is 0 Å². The van der Waals surface area contributed by atoms with Gasteiger partial charge in [0.15, 0.2) is 0 Å². The molecule has 0 spiro atoms. The van der Waals surface area contributed by atoms with Crippen LogP contribution < -0.4 is 10.5 Å². The van der Waals surface area contributed by atoms with E-state index in [1.54, 1.807) is 6.07 Å². The number of fused-ring (bicyclic) bond motifs is 1. The fourth-order valence-corrected chi connectivity index (χ4v) is 3.04. The second-order valence-electron chi connectivity index (χ2n) is 4.80. The van der Waals surface area contributed by atoms with Crippen LogP contribution in [0.15, 0.2) is 45.3 Å². The smallest absolute Gasteiger partial charge is 0.127 e. The zero-order chi connectivity index (χ0) is 14.3. The fourth-order valence-electron chi connectivity index (χ4n) is 2.39. The first-order chi connectivity index (χ1) is 9.54. The average Bonchev–Trinajstić information content (AvgIpc) is 2.41. The van der Waals surface area contributed by atoms with E-state index in [4.69, 9.17) is 10.5 Å². The maximum Gasteiger partial charge on any atom is 0.127 e. The van der Waals surface area contributed by atoms with Crippen molar-refractivity contribution in [1.82, 2.24) is 0 Å². The van der Waals surface area contributed by atoms with Gasteiger partial charge in [0.1, 0.15) is 17.7 Å². The molecule has 104 valence electrons. The lowest BCUT2D eigenvalue weighted by molar-refractivity contribution is 0.160. The van der Waals surface area contributed by atoms with Crippen LogP contribution in [0.4, 0.5) is 4.39 Å². The molecule has 5 heteroatoms. The molecule has 1 aliphatic rings. The van der Waals surface area contributed by atoms with Gasteiger partial charge in [0.25, 0.3) is 0 Å². The van der Waals surface area contributed by atoms with Gasteiger partial charge < -0.3 is 10.5 Å². The monoisotopic (exact) mass is 399 g/mol. The molecule has 0 saturated carbocycles. The summed E-state index contributed by atoms with van der Waals surface area (Å²) in [6.07, 6.45) is 0.510. The molecule has 0 aliphatic carbocycles. The summed E-state index contributed by atoms with van der Waals surface area (Å²) in [4.78, 5) is 0. The summed E-state index contributed by atoms with van der Waals surface area (Å²) in [5.74, 6) is 0.223. The van der Waals surface area contributed by atoms with Crippen molar-refractivity contribution < 1.29 is 9.13 Å². The van der Waals surface area contributed by atoms with Crippen LogP contribution in [0, 0.1) is 5.82 Å². The molecule has 2 aromatic carbocycles. The third-order valence-corrected chi connectivity index (χ3v) is 5.31. The third-order valence-electron chi connectivity index (χ3n) is 3.43. The Labute approximate surface area is 133 Å². The predicted octanol–water partition coefficient (Wildman–Crippen LogP) is 4.87. The first-order valence-electron chi connectivity index (χ1n) is 6.21. The first kappa shape index (κ1) is 14.0. The van der Waals surface area contributed by atoms with E-state index in [2.05, 4.69) is 31.9 Å². The lowest BCUT2D eigenvalue weighted by Crippen LogP contribution is -2.24. The largest absolute Gasteiger partial charge is 0.485 e.